The molecule has 1 N–H and O–H groups in total. The molecule has 4 rings (SSSR count). The van der Waals surface area contributed by atoms with Crippen LogP contribution < -0.4 is 5.32 Å². The van der Waals surface area contributed by atoms with E-state index in [1.54, 1.807) is 6.20 Å². The molecule has 1 atom stereocenters. The lowest BCUT2D eigenvalue weighted by Crippen LogP contribution is -2.29. The lowest BCUT2D eigenvalue weighted by molar-refractivity contribution is -0.119. The quantitative estimate of drug-likeness (QED) is 0.797. The first kappa shape index (κ1) is 15.6. The van der Waals surface area contributed by atoms with Crippen LogP contribution in [-0.2, 0) is 11.3 Å². The van der Waals surface area contributed by atoms with Crippen molar-refractivity contribution in [3.63, 3.8) is 0 Å². The number of amides is 1. The molecule has 0 radical (unpaired) electrons. The van der Waals surface area contributed by atoms with Gasteiger partial charge in [0.25, 0.3) is 0 Å². The van der Waals surface area contributed by atoms with Gasteiger partial charge in [-0.05, 0) is 43.5 Å². The molecule has 6 heteroatoms. The Labute approximate surface area is 146 Å². The van der Waals surface area contributed by atoms with E-state index >= 15 is 0 Å². The van der Waals surface area contributed by atoms with Crippen molar-refractivity contribution in [2.75, 3.05) is 0 Å². The number of carbonyl (C=O) groups is 1. The predicted octanol–water partition coefficient (Wildman–Crippen LogP) is 2.63. The van der Waals surface area contributed by atoms with Crippen molar-refractivity contribution in [2.45, 2.75) is 39.3 Å². The Morgan fingerprint density at radius 3 is 2.84 bits per heavy atom. The van der Waals surface area contributed by atoms with Crippen molar-refractivity contribution in [2.24, 2.45) is 0 Å². The molecule has 1 saturated heterocycles. The smallest absolute Gasteiger partial charge is 0.220 e. The van der Waals surface area contributed by atoms with Crippen LogP contribution in [0.3, 0.4) is 0 Å². The molecule has 1 aromatic carbocycles. The van der Waals surface area contributed by atoms with Gasteiger partial charge in [-0.1, -0.05) is 6.07 Å². The first-order valence-corrected chi connectivity index (χ1v) is 8.54. The van der Waals surface area contributed by atoms with Gasteiger partial charge in [-0.25, -0.2) is 9.67 Å². The zero-order valence-electron chi connectivity index (χ0n) is 14.4. The van der Waals surface area contributed by atoms with Gasteiger partial charge in [0.2, 0.25) is 5.91 Å². The number of aromatic nitrogens is 4. The van der Waals surface area contributed by atoms with E-state index in [-0.39, 0.29) is 11.9 Å². The molecule has 0 saturated carbocycles. The fraction of sp³-hybridized carbons (Fsp3) is 0.316. The van der Waals surface area contributed by atoms with Gasteiger partial charge in [0.05, 0.1) is 5.69 Å². The minimum Gasteiger partial charge on any atom is -0.352 e. The van der Waals surface area contributed by atoms with Crippen LogP contribution in [0.15, 0.2) is 43.0 Å². The molecule has 128 valence electrons. The van der Waals surface area contributed by atoms with Crippen molar-refractivity contribution in [1.29, 1.82) is 0 Å². The number of hydrogen-bond acceptors (Lipinski definition) is 3. The fourth-order valence-corrected chi connectivity index (χ4v) is 3.56. The van der Waals surface area contributed by atoms with Crippen molar-refractivity contribution in [3.05, 3.63) is 54.1 Å². The highest BCUT2D eigenvalue weighted by molar-refractivity contribution is 5.78. The normalized spacial score (nSPS) is 17.0. The summed E-state index contributed by atoms with van der Waals surface area (Å²) in [6.07, 6.45) is 9.00. The predicted molar refractivity (Wildman–Crippen MR) is 95.4 cm³/mol. The molecular formula is C19H21N5O. The van der Waals surface area contributed by atoms with Gasteiger partial charge in [0, 0.05) is 49.4 Å². The first-order valence-electron chi connectivity index (χ1n) is 8.54. The molecule has 0 bridgehead atoms. The second kappa shape index (κ2) is 6.20. The highest BCUT2D eigenvalue weighted by Crippen LogP contribution is 2.30. The van der Waals surface area contributed by atoms with Gasteiger partial charge >= 0.3 is 0 Å². The van der Waals surface area contributed by atoms with Gasteiger partial charge in [-0.15, -0.1) is 0 Å². The van der Waals surface area contributed by atoms with E-state index in [4.69, 9.17) is 0 Å². The molecule has 1 amide bonds. The Kier molecular flexibility index (Phi) is 3.87. The van der Waals surface area contributed by atoms with Crippen LogP contribution in [0.2, 0.25) is 0 Å². The highest BCUT2D eigenvalue weighted by Gasteiger charge is 2.23. The SMILES string of the molecule is Cc1cc(C)c(-c2nccn2CC2CCC(=O)N2)c(-n2cccn2)c1. The number of nitrogens with one attached hydrogen (secondary N) is 1. The van der Waals surface area contributed by atoms with Crippen LogP contribution >= 0.6 is 0 Å². The molecule has 0 aliphatic carbocycles. The van der Waals surface area contributed by atoms with Gasteiger partial charge in [-0.3, -0.25) is 4.79 Å². The maximum Gasteiger partial charge on any atom is 0.220 e. The van der Waals surface area contributed by atoms with Gasteiger partial charge < -0.3 is 9.88 Å². The van der Waals surface area contributed by atoms with E-state index in [0.29, 0.717) is 6.42 Å². The summed E-state index contributed by atoms with van der Waals surface area (Å²) >= 11 is 0. The van der Waals surface area contributed by atoms with E-state index in [9.17, 15) is 4.79 Å². The monoisotopic (exact) mass is 335 g/mol. The maximum atomic E-state index is 11.5. The van der Waals surface area contributed by atoms with E-state index in [1.165, 1.54) is 5.56 Å². The highest BCUT2D eigenvalue weighted by atomic mass is 16.1. The van der Waals surface area contributed by atoms with Crippen LogP contribution in [0.4, 0.5) is 0 Å². The van der Waals surface area contributed by atoms with Crippen LogP contribution in [0.5, 0.6) is 0 Å². The van der Waals surface area contributed by atoms with Crippen molar-refractivity contribution < 1.29 is 4.79 Å². The molecule has 1 unspecified atom stereocenters. The number of aryl methyl sites for hydroxylation is 2. The molecule has 2 aromatic heterocycles. The number of carbonyl (C=O) groups excluding carboxylic acids is 1. The number of benzene rings is 1. The molecule has 1 fully saturated rings. The third kappa shape index (κ3) is 2.95. The van der Waals surface area contributed by atoms with E-state index < -0.39 is 0 Å². The Morgan fingerprint density at radius 1 is 1.24 bits per heavy atom. The van der Waals surface area contributed by atoms with Crippen molar-refractivity contribution >= 4 is 5.91 Å². The molecule has 0 spiro atoms. The van der Waals surface area contributed by atoms with E-state index in [0.717, 1.165) is 35.6 Å². The fourth-order valence-electron chi connectivity index (χ4n) is 3.56. The number of hydrogen-bond donors (Lipinski definition) is 1. The van der Waals surface area contributed by atoms with Gasteiger partial charge in [0.1, 0.15) is 5.82 Å². The Morgan fingerprint density at radius 2 is 2.12 bits per heavy atom. The Hall–Kier alpha value is -2.89. The van der Waals surface area contributed by atoms with Crippen molar-refractivity contribution in [3.8, 4) is 17.1 Å². The summed E-state index contributed by atoms with van der Waals surface area (Å²) < 4.78 is 4.01. The number of rotatable bonds is 4. The lowest BCUT2D eigenvalue weighted by Gasteiger charge is -2.17. The maximum absolute atomic E-state index is 11.5. The Bertz CT molecular complexity index is 910. The summed E-state index contributed by atoms with van der Waals surface area (Å²) in [6, 6.07) is 6.38. The first-order chi connectivity index (χ1) is 12.1. The summed E-state index contributed by atoms with van der Waals surface area (Å²) in [5, 5.41) is 7.44. The molecule has 1 aliphatic rings. The second-order valence-corrected chi connectivity index (χ2v) is 6.63. The van der Waals surface area contributed by atoms with Crippen molar-refractivity contribution in [1.82, 2.24) is 24.6 Å². The average Bonchev–Trinajstić information content (AvgIpc) is 3.30. The Balaban J connectivity index is 1.78. The average molecular weight is 335 g/mol. The standard InChI is InChI=1S/C19H21N5O/c1-13-10-14(2)18(16(11-13)24-8-3-6-21-24)19-20-7-9-23(19)12-15-4-5-17(25)22-15/h3,6-11,15H,4-5,12H2,1-2H3,(H,22,25). The van der Waals surface area contributed by atoms with E-state index in [1.807, 2.05) is 29.3 Å². The number of imidazole rings is 1. The third-order valence-corrected chi connectivity index (χ3v) is 4.65. The lowest BCUT2D eigenvalue weighted by atomic mass is 10.0. The summed E-state index contributed by atoms with van der Waals surface area (Å²) in [5.74, 6) is 1.04. The zero-order valence-corrected chi connectivity index (χ0v) is 14.4. The van der Waals surface area contributed by atoms with Crippen LogP contribution in [0, 0.1) is 13.8 Å². The number of nitrogens with zero attached hydrogens (tertiary/aromatic N) is 4. The van der Waals surface area contributed by atoms with Gasteiger partial charge in [-0.2, -0.15) is 5.10 Å². The van der Waals surface area contributed by atoms with Crippen LogP contribution in [0.25, 0.3) is 17.1 Å². The minimum atomic E-state index is 0.135. The molecular weight excluding hydrogens is 314 g/mol. The molecule has 1 aliphatic heterocycles. The molecule has 25 heavy (non-hydrogen) atoms. The van der Waals surface area contributed by atoms with Gasteiger partial charge in [0.15, 0.2) is 0 Å². The topological polar surface area (TPSA) is 64.7 Å². The summed E-state index contributed by atoms with van der Waals surface area (Å²) in [7, 11) is 0. The molecule has 3 heterocycles. The zero-order chi connectivity index (χ0) is 17.4. The largest absolute Gasteiger partial charge is 0.352 e. The summed E-state index contributed by atoms with van der Waals surface area (Å²) in [5.41, 5.74) is 4.44. The minimum absolute atomic E-state index is 0.135. The molecule has 3 aromatic rings. The second-order valence-electron chi connectivity index (χ2n) is 6.63. The summed E-state index contributed by atoms with van der Waals surface area (Å²) in [6.45, 7) is 4.92. The van der Waals surface area contributed by atoms with E-state index in [2.05, 4.69) is 45.9 Å². The molecule has 6 nitrogen and oxygen atoms in total. The summed E-state index contributed by atoms with van der Waals surface area (Å²) in [4.78, 5) is 16.1. The van der Waals surface area contributed by atoms with Crippen LogP contribution in [0.1, 0.15) is 24.0 Å². The third-order valence-electron chi connectivity index (χ3n) is 4.65. The van der Waals surface area contributed by atoms with Crippen LogP contribution in [-0.4, -0.2) is 31.3 Å².